The topological polar surface area (TPSA) is 0 Å². The third-order valence-electron chi connectivity index (χ3n) is 3.88. The first-order valence-electron chi connectivity index (χ1n) is 5.56. The predicted octanol–water partition coefficient (Wildman–Crippen LogP) is 3.58. The van der Waals surface area contributed by atoms with Gasteiger partial charge >= 0.3 is 13.2 Å². The van der Waals surface area contributed by atoms with Gasteiger partial charge in [0, 0.05) is 0 Å². The molecule has 1 aliphatic carbocycles. The van der Waals surface area contributed by atoms with E-state index in [0.717, 1.165) is 11.8 Å². The Morgan fingerprint density at radius 2 is 2.07 bits per heavy atom. The fourth-order valence-electron chi connectivity index (χ4n) is 3.22. The van der Waals surface area contributed by atoms with Gasteiger partial charge < -0.3 is 0 Å². The third-order valence-corrected chi connectivity index (χ3v) is 7.08. The second kappa shape index (κ2) is 3.56. The maximum absolute atomic E-state index is 6.39. The maximum atomic E-state index is 6.39. The van der Waals surface area contributed by atoms with Crippen LogP contribution in [0.1, 0.15) is 23.5 Å². The van der Waals surface area contributed by atoms with E-state index in [-0.39, 0.29) is 0 Å². The highest BCUT2D eigenvalue weighted by molar-refractivity contribution is 7.07. The number of hydrogen-bond donors (Lipinski definition) is 0. The summed E-state index contributed by atoms with van der Waals surface area (Å²) in [6.07, 6.45) is 2.67. The third kappa shape index (κ3) is 1.43. The molecule has 1 saturated heterocycles. The summed E-state index contributed by atoms with van der Waals surface area (Å²) >= 11 is -0.847. The zero-order chi connectivity index (χ0) is 9.54. The quantitative estimate of drug-likeness (QED) is 0.587. The van der Waals surface area contributed by atoms with Crippen molar-refractivity contribution >= 4 is 23.3 Å². The van der Waals surface area contributed by atoms with Gasteiger partial charge in [0.15, 0.2) is 0 Å². The minimum Gasteiger partial charge on any atom is -0.261 e. The largest absolute Gasteiger partial charge is 0.400 e. The Balaban J connectivity index is 2.01. The highest BCUT2D eigenvalue weighted by Gasteiger charge is 2.40. The molecule has 3 rings (SSSR count). The van der Waals surface area contributed by atoms with Crippen molar-refractivity contribution in [2.45, 2.75) is 29.3 Å². The number of benzene rings is 1. The van der Waals surface area contributed by atoms with Crippen molar-refractivity contribution in [3.63, 3.8) is 0 Å². The minimum atomic E-state index is -0.847. The summed E-state index contributed by atoms with van der Waals surface area (Å²) < 4.78 is 0. The zero-order valence-electron chi connectivity index (χ0n) is 8.25. The Hall–Kier alpha value is 0.0425. The van der Waals surface area contributed by atoms with E-state index in [1.165, 1.54) is 23.4 Å². The van der Waals surface area contributed by atoms with Crippen LogP contribution < -0.4 is 0 Å². The van der Waals surface area contributed by atoms with E-state index in [1.54, 1.807) is 11.1 Å². The maximum Gasteiger partial charge on any atom is 0.400 e. The SMILES string of the molecule is [Cl][Al]1[CH2][C@H]2CCc3ccccc3[C@H]2[CH2]1. The summed E-state index contributed by atoms with van der Waals surface area (Å²) in [5.74, 6) is 1.76. The van der Waals surface area contributed by atoms with Crippen molar-refractivity contribution in [3.05, 3.63) is 35.4 Å². The summed E-state index contributed by atoms with van der Waals surface area (Å²) in [6.45, 7) is 0. The lowest BCUT2D eigenvalue weighted by Crippen LogP contribution is -2.14. The van der Waals surface area contributed by atoms with Gasteiger partial charge in [-0.3, -0.25) is 10.0 Å². The molecule has 1 aromatic rings. The summed E-state index contributed by atoms with van der Waals surface area (Å²) in [4.78, 5) is 0. The first kappa shape index (κ1) is 9.28. The lowest BCUT2D eigenvalue weighted by atomic mass is 9.77. The number of aryl methyl sites for hydroxylation is 1. The van der Waals surface area contributed by atoms with E-state index < -0.39 is 13.2 Å². The van der Waals surface area contributed by atoms with Gasteiger partial charge in [0.2, 0.25) is 0 Å². The molecule has 2 aliphatic rings. The number of hydrogen-bond acceptors (Lipinski definition) is 0. The molecule has 72 valence electrons. The van der Waals surface area contributed by atoms with Crippen molar-refractivity contribution in [2.24, 2.45) is 5.92 Å². The van der Waals surface area contributed by atoms with Crippen LogP contribution >= 0.6 is 10.0 Å². The van der Waals surface area contributed by atoms with Crippen molar-refractivity contribution in [1.29, 1.82) is 0 Å². The molecule has 1 fully saturated rings. The molecule has 0 spiro atoms. The Morgan fingerprint density at radius 3 is 3.00 bits per heavy atom. The molecule has 0 amide bonds. The molecule has 0 N–H and O–H groups in total. The lowest BCUT2D eigenvalue weighted by Gasteiger charge is -2.28. The molecular formula is C12H14AlCl. The molecule has 2 heteroatoms. The average molecular weight is 221 g/mol. The second-order valence-corrected chi connectivity index (χ2v) is 8.66. The number of halogens is 1. The fraction of sp³-hybridized carbons (Fsp3) is 0.500. The molecule has 14 heavy (non-hydrogen) atoms. The molecule has 2 atom stereocenters. The van der Waals surface area contributed by atoms with E-state index in [4.69, 9.17) is 10.0 Å². The van der Waals surface area contributed by atoms with Crippen LogP contribution in [0.15, 0.2) is 24.3 Å². The Kier molecular flexibility index (Phi) is 2.36. The van der Waals surface area contributed by atoms with E-state index in [0.29, 0.717) is 0 Å². The highest BCUT2D eigenvalue weighted by atomic mass is 35.6. The first-order valence-corrected chi connectivity index (χ1v) is 8.94. The lowest BCUT2D eigenvalue weighted by molar-refractivity contribution is 0.448. The van der Waals surface area contributed by atoms with Crippen LogP contribution in [-0.4, -0.2) is 13.2 Å². The van der Waals surface area contributed by atoms with Crippen LogP contribution in [0.25, 0.3) is 0 Å². The molecule has 0 saturated carbocycles. The van der Waals surface area contributed by atoms with Gasteiger partial charge in [0.1, 0.15) is 0 Å². The van der Waals surface area contributed by atoms with E-state index in [1.807, 2.05) is 0 Å². The van der Waals surface area contributed by atoms with E-state index in [9.17, 15) is 0 Å². The molecule has 0 aromatic heterocycles. The predicted molar refractivity (Wildman–Crippen MR) is 62.2 cm³/mol. The summed E-state index contributed by atoms with van der Waals surface area (Å²) in [5.41, 5.74) is 3.22. The molecule has 0 unspecified atom stereocenters. The van der Waals surface area contributed by atoms with Crippen LogP contribution in [0.5, 0.6) is 0 Å². The van der Waals surface area contributed by atoms with Crippen molar-refractivity contribution in [2.75, 3.05) is 0 Å². The molecule has 0 nitrogen and oxygen atoms in total. The van der Waals surface area contributed by atoms with Crippen molar-refractivity contribution in [1.82, 2.24) is 0 Å². The summed E-state index contributed by atoms with van der Waals surface area (Å²) in [6, 6.07) is 8.98. The van der Waals surface area contributed by atoms with Crippen LogP contribution in [0.3, 0.4) is 0 Å². The first-order chi connectivity index (χ1) is 6.84. The Morgan fingerprint density at radius 1 is 1.21 bits per heavy atom. The second-order valence-electron chi connectivity index (χ2n) is 4.67. The van der Waals surface area contributed by atoms with Gasteiger partial charge in [0.05, 0.1) is 0 Å². The number of fused-ring (bicyclic) bond motifs is 3. The van der Waals surface area contributed by atoms with Gasteiger partial charge in [-0.1, -0.05) is 34.8 Å². The van der Waals surface area contributed by atoms with E-state index in [2.05, 4.69) is 24.3 Å². The summed E-state index contributed by atoms with van der Waals surface area (Å²) in [5, 5.41) is 2.71. The molecule has 1 aromatic carbocycles. The smallest absolute Gasteiger partial charge is 0.261 e. The van der Waals surface area contributed by atoms with Crippen molar-refractivity contribution < 1.29 is 0 Å². The van der Waals surface area contributed by atoms with E-state index >= 15 is 0 Å². The zero-order valence-corrected chi connectivity index (χ0v) is 10.2. The van der Waals surface area contributed by atoms with Crippen molar-refractivity contribution in [3.8, 4) is 0 Å². The Bertz CT molecular complexity index is 350. The minimum absolute atomic E-state index is 0.828. The van der Waals surface area contributed by atoms with Gasteiger partial charge in [-0.25, -0.2) is 0 Å². The fourth-order valence-corrected chi connectivity index (χ4v) is 7.09. The Labute approximate surface area is 93.9 Å². The highest BCUT2D eigenvalue weighted by Crippen LogP contribution is 2.48. The molecule has 1 heterocycles. The monoisotopic (exact) mass is 220 g/mol. The number of rotatable bonds is 0. The normalized spacial score (nSPS) is 29.9. The molecule has 0 radical (unpaired) electrons. The average Bonchev–Trinajstić information content (AvgIpc) is 2.59. The summed E-state index contributed by atoms with van der Waals surface area (Å²) in [7, 11) is 6.39. The molecule has 1 aliphatic heterocycles. The van der Waals surface area contributed by atoms with Gasteiger partial charge in [-0.05, 0) is 35.8 Å². The standard InChI is InChI=1S/C12H14.Al.ClH/c1-9-7-8-11-5-3-4-6-12(11)10(9)2;;/h3-6,9-10H,1-2,7-8H2;;1H/q;+1;/p-1/t9-,10-;;/m0../s1. The van der Waals surface area contributed by atoms with Crippen LogP contribution in [0.2, 0.25) is 10.6 Å². The van der Waals surface area contributed by atoms with Gasteiger partial charge in [-0.15, -0.1) is 0 Å². The van der Waals surface area contributed by atoms with Crippen LogP contribution in [-0.2, 0) is 6.42 Å². The van der Waals surface area contributed by atoms with Crippen LogP contribution in [0.4, 0.5) is 0 Å². The van der Waals surface area contributed by atoms with Gasteiger partial charge in [0.25, 0.3) is 0 Å². The molecule has 0 bridgehead atoms. The van der Waals surface area contributed by atoms with Gasteiger partial charge in [-0.2, -0.15) is 0 Å². The van der Waals surface area contributed by atoms with Crippen LogP contribution in [0, 0.1) is 5.92 Å². The molecular weight excluding hydrogens is 207 g/mol.